The molecule has 14 heavy (non-hydrogen) atoms. The van der Waals surface area contributed by atoms with E-state index in [1.54, 1.807) is 4.90 Å². The molecule has 1 aliphatic rings. The summed E-state index contributed by atoms with van der Waals surface area (Å²) in [6.45, 7) is 3.36. The van der Waals surface area contributed by atoms with E-state index in [4.69, 9.17) is 4.74 Å². The van der Waals surface area contributed by atoms with Crippen LogP contribution >= 0.6 is 0 Å². The molecule has 0 aromatic rings. The van der Waals surface area contributed by atoms with Gasteiger partial charge in [0, 0.05) is 26.2 Å². The van der Waals surface area contributed by atoms with Crippen molar-refractivity contribution in [2.75, 3.05) is 47.4 Å². The number of amides is 1. The number of carbonyl (C=O) groups excluding carboxylic acids is 1. The van der Waals surface area contributed by atoms with Crippen LogP contribution in [0.1, 0.15) is 0 Å². The molecule has 82 valence electrons. The Labute approximate surface area is 85.0 Å². The molecule has 0 bridgehead atoms. The number of methoxy groups -OCH3 is 1. The molecule has 0 aromatic carbocycles. The molecule has 1 heterocycles. The zero-order valence-electron chi connectivity index (χ0n) is 9.12. The summed E-state index contributed by atoms with van der Waals surface area (Å²) >= 11 is 0. The topological polar surface area (TPSA) is 44.8 Å². The Balaban J connectivity index is 2.57. The van der Waals surface area contributed by atoms with Crippen molar-refractivity contribution >= 4 is 6.09 Å². The van der Waals surface area contributed by atoms with Gasteiger partial charge >= 0.3 is 6.09 Å². The lowest BCUT2D eigenvalue weighted by Crippen LogP contribution is -2.57. The molecule has 0 spiro atoms. The number of carbonyl (C=O) groups is 1. The van der Waals surface area contributed by atoms with Gasteiger partial charge in [-0.2, -0.15) is 0 Å². The zero-order valence-corrected chi connectivity index (χ0v) is 9.12. The maximum absolute atomic E-state index is 11.4. The molecule has 0 aliphatic carbocycles. The van der Waals surface area contributed by atoms with Gasteiger partial charge in [0.2, 0.25) is 0 Å². The fraction of sp³-hybridized carbons (Fsp3) is 0.889. The van der Waals surface area contributed by atoms with E-state index < -0.39 is 0 Å². The quantitative estimate of drug-likeness (QED) is 0.659. The fourth-order valence-corrected chi connectivity index (χ4v) is 1.78. The average Bonchev–Trinajstić information content (AvgIpc) is 2.17. The lowest BCUT2D eigenvalue weighted by atomic mass is 10.2. The van der Waals surface area contributed by atoms with Crippen LogP contribution in [0, 0.1) is 0 Å². The summed E-state index contributed by atoms with van der Waals surface area (Å²) in [5.74, 6) is 0. The number of nitrogens with zero attached hydrogens (tertiary/aromatic N) is 2. The van der Waals surface area contributed by atoms with Crippen molar-refractivity contribution in [3.05, 3.63) is 0 Å². The third-order valence-electron chi connectivity index (χ3n) is 2.53. The summed E-state index contributed by atoms with van der Waals surface area (Å²) in [6, 6.07) is 0.214. The molecule has 1 saturated heterocycles. The smallest absolute Gasteiger partial charge is 0.409 e. The third-order valence-corrected chi connectivity index (χ3v) is 2.53. The van der Waals surface area contributed by atoms with Crippen molar-refractivity contribution in [2.45, 2.75) is 6.04 Å². The van der Waals surface area contributed by atoms with Gasteiger partial charge in [-0.1, -0.05) is 0 Å². The SMILES string of the molecule is CNCC1CN(C)CCN1C(=O)OC. The highest BCUT2D eigenvalue weighted by Crippen LogP contribution is 2.08. The summed E-state index contributed by atoms with van der Waals surface area (Å²) in [7, 11) is 5.39. The number of piperazine rings is 1. The molecule has 0 aromatic heterocycles. The summed E-state index contributed by atoms with van der Waals surface area (Å²) < 4.78 is 4.74. The first-order chi connectivity index (χ1) is 6.69. The van der Waals surface area contributed by atoms with E-state index in [-0.39, 0.29) is 12.1 Å². The second-order valence-electron chi connectivity index (χ2n) is 3.64. The monoisotopic (exact) mass is 201 g/mol. The van der Waals surface area contributed by atoms with Crippen molar-refractivity contribution in [3.8, 4) is 0 Å². The lowest BCUT2D eigenvalue weighted by molar-refractivity contribution is 0.0661. The minimum atomic E-state index is -0.224. The second kappa shape index (κ2) is 5.17. The minimum absolute atomic E-state index is 0.214. The standard InChI is InChI=1S/C9H19N3O2/c1-10-6-8-7-11(2)4-5-12(8)9(13)14-3/h8,10H,4-7H2,1-3H3. The number of hydrogen-bond donors (Lipinski definition) is 1. The largest absolute Gasteiger partial charge is 0.453 e. The van der Waals surface area contributed by atoms with Gasteiger partial charge in [0.15, 0.2) is 0 Å². The van der Waals surface area contributed by atoms with Crippen molar-refractivity contribution in [3.63, 3.8) is 0 Å². The lowest BCUT2D eigenvalue weighted by Gasteiger charge is -2.38. The van der Waals surface area contributed by atoms with Gasteiger partial charge in [0.05, 0.1) is 13.2 Å². The molecule has 5 heteroatoms. The first-order valence-corrected chi connectivity index (χ1v) is 4.86. The van der Waals surface area contributed by atoms with E-state index in [1.165, 1.54) is 7.11 Å². The fourth-order valence-electron chi connectivity index (χ4n) is 1.78. The molecule has 1 amide bonds. The van der Waals surface area contributed by atoms with Gasteiger partial charge in [-0.3, -0.25) is 0 Å². The van der Waals surface area contributed by atoms with Crippen molar-refractivity contribution in [1.29, 1.82) is 0 Å². The normalized spacial score (nSPS) is 23.6. The Hall–Kier alpha value is -0.810. The van der Waals surface area contributed by atoms with Gasteiger partial charge in [0.25, 0.3) is 0 Å². The highest BCUT2D eigenvalue weighted by atomic mass is 16.5. The van der Waals surface area contributed by atoms with E-state index in [0.29, 0.717) is 0 Å². The van der Waals surface area contributed by atoms with Gasteiger partial charge in [0.1, 0.15) is 0 Å². The van der Waals surface area contributed by atoms with Crippen molar-refractivity contribution in [2.24, 2.45) is 0 Å². The molecule has 1 fully saturated rings. The van der Waals surface area contributed by atoms with Crippen LogP contribution in [0.25, 0.3) is 0 Å². The Bertz CT molecular complexity index is 198. The number of rotatable bonds is 2. The van der Waals surface area contributed by atoms with Crippen LogP contribution in [-0.4, -0.2) is 69.3 Å². The molecule has 1 rings (SSSR count). The number of likely N-dealkylation sites (N-methyl/N-ethyl adjacent to an activating group) is 2. The van der Waals surface area contributed by atoms with Gasteiger partial charge in [-0.25, -0.2) is 4.79 Å². The summed E-state index contributed by atoms with van der Waals surface area (Å²) in [5, 5.41) is 3.09. The molecule has 5 nitrogen and oxygen atoms in total. The Morgan fingerprint density at radius 1 is 1.57 bits per heavy atom. The van der Waals surface area contributed by atoms with E-state index in [0.717, 1.165) is 26.2 Å². The predicted octanol–water partition coefficient (Wildman–Crippen LogP) is -0.412. The predicted molar refractivity (Wildman–Crippen MR) is 54.3 cm³/mol. The molecular formula is C9H19N3O2. The summed E-state index contributed by atoms with van der Waals surface area (Å²) in [6.07, 6.45) is -0.224. The highest BCUT2D eigenvalue weighted by Gasteiger charge is 2.28. The van der Waals surface area contributed by atoms with E-state index in [2.05, 4.69) is 17.3 Å². The molecule has 1 N–H and O–H groups in total. The van der Waals surface area contributed by atoms with Gasteiger partial charge in [-0.15, -0.1) is 0 Å². The Kier molecular flexibility index (Phi) is 4.16. The van der Waals surface area contributed by atoms with Crippen LogP contribution in [0.3, 0.4) is 0 Å². The molecule has 1 unspecified atom stereocenters. The van der Waals surface area contributed by atoms with Crippen LogP contribution < -0.4 is 5.32 Å². The first-order valence-electron chi connectivity index (χ1n) is 4.86. The second-order valence-corrected chi connectivity index (χ2v) is 3.64. The van der Waals surface area contributed by atoms with Gasteiger partial charge < -0.3 is 19.9 Å². The number of nitrogens with one attached hydrogen (secondary N) is 1. The van der Waals surface area contributed by atoms with Crippen LogP contribution in [0.5, 0.6) is 0 Å². The van der Waals surface area contributed by atoms with E-state index in [1.807, 2.05) is 7.05 Å². The van der Waals surface area contributed by atoms with Crippen LogP contribution in [0.4, 0.5) is 4.79 Å². The maximum Gasteiger partial charge on any atom is 0.409 e. The van der Waals surface area contributed by atoms with Gasteiger partial charge in [-0.05, 0) is 14.1 Å². The first kappa shape index (κ1) is 11.3. The van der Waals surface area contributed by atoms with E-state index in [9.17, 15) is 4.79 Å². The molecule has 1 aliphatic heterocycles. The average molecular weight is 201 g/mol. The summed E-state index contributed by atoms with van der Waals surface area (Å²) in [5.41, 5.74) is 0. The molecule has 0 saturated carbocycles. The maximum atomic E-state index is 11.4. The van der Waals surface area contributed by atoms with Crippen LogP contribution in [0.15, 0.2) is 0 Å². The van der Waals surface area contributed by atoms with Crippen LogP contribution in [0.2, 0.25) is 0 Å². The zero-order chi connectivity index (χ0) is 10.6. The Morgan fingerprint density at radius 3 is 2.86 bits per heavy atom. The van der Waals surface area contributed by atoms with Crippen molar-refractivity contribution < 1.29 is 9.53 Å². The highest BCUT2D eigenvalue weighted by molar-refractivity contribution is 5.68. The third kappa shape index (κ3) is 2.59. The van der Waals surface area contributed by atoms with Crippen LogP contribution in [-0.2, 0) is 4.74 Å². The number of hydrogen-bond acceptors (Lipinski definition) is 4. The molecule has 0 radical (unpaired) electrons. The molecule has 1 atom stereocenters. The summed E-state index contributed by atoms with van der Waals surface area (Å²) in [4.78, 5) is 15.4. The minimum Gasteiger partial charge on any atom is -0.453 e. The van der Waals surface area contributed by atoms with E-state index >= 15 is 0 Å². The number of ether oxygens (including phenoxy) is 1. The Morgan fingerprint density at radius 2 is 2.29 bits per heavy atom. The molecular weight excluding hydrogens is 182 g/mol. The van der Waals surface area contributed by atoms with Crippen molar-refractivity contribution in [1.82, 2.24) is 15.1 Å².